The molecule has 0 aromatic carbocycles. The number of hydrogen-bond acceptors (Lipinski definition) is 5. The maximum Gasteiger partial charge on any atom is 0.229 e. The highest BCUT2D eigenvalue weighted by Gasteiger charge is 2.32. The summed E-state index contributed by atoms with van der Waals surface area (Å²) in [5.41, 5.74) is 5.80. The van der Waals surface area contributed by atoms with E-state index in [0.717, 1.165) is 5.92 Å². The summed E-state index contributed by atoms with van der Waals surface area (Å²) in [6.07, 6.45) is 2.53. The van der Waals surface area contributed by atoms with Crippen molar-refractivity contribution in [1.29, 1.82) is 0 Å². The highest BCUT2D eigenvalue weighted by Crippen LogP contribution is 2.41. The van der Waals surface area contributed by atoms with Crippen LogP contribution in [0.3, 0.4) is 0 Å². The molecule has 0 spiro atoms. The lowest BCUT2D eigenvalue weighted by Gasteiger charge is -2.04. The minimum Gasteiger partial charge on any atom is -0.383 e. The molecule has 0 amide bonds. The third kappa shape index (κ3) is 2.35. The lowest BCUT2D eigenvalue weighted by Crippen LogP contribution is -2.17. The molecule has 2 N–H and O–H groups in total. The Hall–Kier alpha value is -0.940. The number of methoxy groups -OCH3 is 1. The van der Waals surface area contributed by atoms with Gasteiger partial charge in [-0.05, 0) is 18.8 Å². The smallest absolute Gasteiger partial charge is 0.229 e. The highest BCUT2D eigenvalue weighted by atomic mass is 16.5. The van der Waals surface area contributed by atoms with Gasteiger partial charge in [0, 0.05) is 13.0 Å². The second kappa shape index (κ2) is 4.28. The number of aromatic nitrogens is 2. The molecular weight excluding hydrogens is 194 g/mol. The lowest BCUT2D eigenvalue weighted by atomic mass is 10.1. The molecule has 1 saturated carbocycles. The van der Waals surface area contributed by atoms with Crippen LogP contribution in [0.25, 0.3) is 0 Å². The van der Waals surface area contributed by atoms with Gasteiger partial charge in [0.15, 0.2) is 5.82 Å². The molecule has 0 radical (unpaired) electrons. The van der Waals surface area contributed by atoms with Crippen LogP contribution in [0.5, 0.6) is 0 Å². The SMILES string of the molecule is COCC(N)c1noc(C(C)C2CC2)n1. The van der Waals surface area contributed by atoms with E-state index in [-0.39, 0.29) is 6.04 Å². The topological polar surface area (TPSA) is 74.2 Å². The standard InChI is InChI=1S/C10H17N3O2/c1-6(7-3-4-7)10-12-9(13-15-10)8(11)5-14-2/h6-8H,3-5,11H2,1-2H3. The molecule has 2 atom stereocenters. The molecule has 5 heteroatoms. The predicted molar refractivity (Wildman–Crippen MR) is 54.2 cm³/mol. The fourth-order valence-corrected chi connectivity index (χ4v) is 1.63. The molecule has 0 saturated heterocycles. The molecule has 2 rings (SSSR count). The van der Waals surface area contributed by atoms with Gasteiger partial charge in [0.2, 0.25) is 5.89 Å². The summed E-state index contributed by atoms with van der Waals surface area (Å²) in [4.78, 5) is 4.31. The van der Waals surface area contributed by atoms with Gasteiger partial charge in [0.05, 0.1) is 12.6 Å². The van der Waals surface area contributed by atoms with Gasteiger partial charge in [0.25, 0.3) is 0 Å². The van der Waals surface area contributed by atoms with E-state index in [0.29, 0.717) is 24.2 Å². The third-order valence-corrected chi connectivity index (χ3v) is 2.85. The predicted octanol–water partition coefficient (Wildman–Crippen LogP) is 1.23. The fraction of sp³-hybridized carbons (Fsp3) is 0.800. The lowest BCUT2D eigenvalue weighted by molar-refractivity contribution is 0.177. The Labute approximate surface area is 89.0 Å². The monoisotopic (exact) mass is 211 g/mol. The number of rotatable bonds is 5. The molecule has 1 aliphatic carbocycles. The highest BCUT2D eigenvalue weighted by molar-refractivity contribution is 5.01. The molecule has 1 aromatic heterocycles. The van der Waals surface area contributed by atoms with E-state index in [1.807, 2.05) is 0 Å². The number of hydrogen-bond donors (Lipinski definition) is 1. The van der Waals surface area contributed by atoms with Crippen molar-refractivity contribution in [2.45, 2.75) is 31.7 Å². The average molecular weight is 211 g/mol. The van der Waals surface area contributed by atoms with Crippen LogP contribution in [0.2, 0.25) is 0 Å². The second-order valence-corrected chi connectivity index (χ2v) is 4.18. The Morgan fingerprint density at radius 1 is 1.60 bits per heavy atom. The molecular formula is C10H17N3O2. The third-order valence-electron chi connectivity index (χ3n) is 2.85. The van der Waals surface area contributed by atoms with Crippen LogP contribution in [0.4, 0.5) is 0 Å². The van der Waals surface area contributed by atoms with Gasteiger partial charge in [0.1, 0.15) is 0 Å². The Bertz CT molecular complexity index is 322. The van der Waals surface area contributed by atoms with Crippen molar-refractivity contribution in [3.05, 3.63) is 11.7 Å². The van der Waals surface area contributed by atoms with E-state index in [1.54, 1.807) is 7.11 Å². The van der Waals surface area contributed by atoms with Crippen LogP contribution in [0, 0.1) is 5.92 Å². The zero-order valence-corrected chi connectivity index (χ0v) is 9.14. The zero-order valence-electron chi connectivity index (χ0n) is 9.14. The molecule has 2 unspecified atom stereocenters. The van der Waals surface area contributed by atoms with E-state index in [9.17, 15) is 0 Å². The van der Waals surface area contributed by atoms with Crippen LogP contribution >= 0.6 is 0 Å². The quantitative estimate of drug-likeness (QED) is 0.792. The van der Waals surface area contributed by atoms with Crippen LogP contribution in [-0.4, -0.2) is 23.9 Å². The van der Waals surface area contributed by atoms with Gasteiger partial charge < -0.3 is 15.0 Å². The Morgan fingerprint density at radius 2 is 2.33 bits per heavy atom. The first-order valence-corrected chi connectivity index (χ1v) is 5.30. The maximum absolute atomic E-state index is 5.80. The fourth-order valence-electron chi connectivity index (χ4n) is 1.63. The van der Waals surface area contributed by atoms with E-state index in [2.05, 4.69) is 17.1 Å². The zero-order chi connectivity index (χ0) is 10.8. The number of nitrogens with two attached hydrogens (primary N) is 1. The van der Waals surface area contributed by atoms with E-state index >= 15 is 0 Å². The van der Waals surface area contributed by atoms with Gasteiger partial charge in [-0.15, -0.1) is 0 Å². The molecule has 1 heterocycles. The molecule has 1 aliphatic rings. The summed E-state index contributed by atoms with van der Waals surface area (Å²) in [7, 11) is 1.60. The number of ether oxygens (including phenoxy) is 1. The maximum atomic E-state index is 5.80. The molecule has 0 aliphatic heterocycles. The summed E-state index contributed by atoms with van der Waals surface area (Å²) < 4.78 is 10.1. The summed E-state index contributed by atoms with van der Waals surface area (Å²) in [6, 6.07) is -0.293. The molecule has 1 fully saturated rings. The van der Waals surface area contributed by atoms with Crippen molar-refractivity contribution in [3.63, 3.8) is 0 Å². The first-order chi connectivity index (χ1) is 7.22. The van der Waals surface area contributed by atoms with Crippen molar-refractivity contribution < 1.29 is 9.26 Å². The van der Waals surface area contributed by atoms with Crippen molar-refractivity contribution in [3.8, 4) is 0 Å². The van der Waals surface area contributed by atoms with Crippen LogP contribution < -0.4 is 5.73 Å². The van der Waals surface area contributed by atoms with Crippen LogP contribution in [0.15, 0.2) is 4.52 Å². The molecule has 5 nitrogen and oxygen atoms in total. The van der Waals surface area contributed by atoms with Crippen molar-refractivity contribution in [1.82, 2.24) is 10.1 Å². The second-order valence-electron chi connectivity index (χ2n) is 4.18. The van der Waals surface area contributed by atoms with Crippen molar-refractivity contribution in [2.75, 3.05) is 13.7 Å². The van der Waals surface area contributed by atoms with Gasteiger partial charge in [-0.2, -0.15) is 4.98 Å². The largest absolute Gasteiger partial charge is 0.383 e. The Morgan fingerprint density at radius 3 is 2.93 bits per heavy atom. The van der Waals surface area contributed by atoms with Gasteiger partial charge in [-0.1, -0.05) is 12.1 Å². The molecule has 0 bridgehead atoms. The first kappa shape index (κ1) is 10.6. The van der Waals surface area contributed by atoms with E-state index in [4.69, 9.17) is 15.0 Å². The Kier molecular flexibility index (Phi) is 3.02. The van der Waals surface area contributed by atoms with Crippen molar-refractivity contribution in [2.24, 2.45) is 11.7 Å². The average Bonchev–Trinajstić information content (AvgIpc) is 2.95. The van der Waals surface area contributed by atoms with Gasteiger partial charge >= 0.3 is 0 Å². The minimum absolute atomic E-state index is 0.293. The summed E-state index contributed by atoms with van der Waals surface area (Å²) in [5.74, 6) is 2.33. The van der Waals surface area contributed by atoms with Crippen LogP contribution in [-0.2, 0) is 4.74 Å². The normalized spacial score (nSPS) is 20.2. The van der Waals surface area contributed by atoms with Gasteiger partial charge in [-0.3, -0.25) is 0 Å². The van der Waals surface area contributed by atoms with Gasteiger partial charge in [-0.25, -0.2) is 0 Å². The summed E-state index contributed by atoms with van der Waals surface area (Å²) >= 11 is 0. The molecule has 1 aromatic rings. The van der Waals surface area contributed by atoms with E-state index in [1.165, 1.54) is 12.8 Å². The Balaban J connectivity index is 2.02. The number of nitrogens with zero attached hydrogens (tertiary/aromatic N) is 2. The van der Waals surface area contributed by atoms with Crippen molar-refractivity contribution >= 4 is 0 Å². The summed E-state index contributed by atoms with van der Waals surface area (Å²) in [6.45, 7) is 2.54. The molecule has 84 valence electrons. The van der Waals surface area contributed by atoms with Crippen LogP contribution in [0.1, 0.15) is 43.4 Å². The summed E-state index contributed by atoms with van der Waals surface area (Å²) in [5, 5.41) is 3.87. The first-order valence-electron chi connectivity index (χ1n) is 5.30. The van der Waals surface area contributed by atoms with E-state index < -0.39 is 0 Å². The molecule has 15 heavy (non-hydrogen) atoms. The minimum atomic E-state index is -0.293.